The molecule has 0 radical (unpaired) electrons. The third kappa shape index (κ3) is 5.20. The minimum absolute atomic E-state index is 0.222. The van der Waals surface area contributed by atoms with Crippen molar-refractivity contribution in [2.45, 2.75) is 39.2 Å². The summed E-state index contributed by atoms with van der Waals surface area (Å²) in [5.41, 5.74) is 2.85. The summed E-state index contributed by atoms with van der Waals surface area (Å²) in [6, 6.07) is 10.1. The lowest BCUT2D eigenvalue weighted by atomic mass is 9.95. The van der Waals surface area contributed by atoms with Crippen molar-refractivity contribution in [1.82, 2.24) is 5.43 Å². The van der Waals surface area contributed by atoms with E-state index in [9.17, 15) is 0 Å². The molecule has 0 saturated carbocycles. The van der Waals surface area contributed by atoms with Crippen LogP contribution in [0, 0.1) is 5.92 Å². The van der Waals surface area contributed by atoms with Crippen molar-refractivity contribution in [3.05, 3.63) is 30.3 Å². The number of rotatable bonds is 8. The topological polar surface area (TPSA) is 47.3 Å². The van der Waals surface area contributed by atoms with Crippen molar-refractivity contribution in [3.8, 4) is 5.75 Å². The van der Waals surface area contributed by atoms with E-state index >= 15 is 0 Å². The highest BCUT2D eigenvalue weighted by atomic mass is 16.5. The molecule has 1 aromatic carbocycles. The van der Waals surface area contributed by atoms with Crippen LogP contribution in [-0.4, -0.2) is 12.6 Å². The lowest BCUT2D eigenvalue weighted by Gasteiger charge is -2.21. The Balaban J connectivity index is 2.37. The maximum Gasteiger partial charge on any atom is 0.119 e. The Morgan fingerprint density at radius 1 is 1.18 bits per heavy atom. The van der Waals surface area contributed by atoms with Crippen LogP contribution < -0.4 is 16.0 Å². The van der Waals surface area contributed by atoms with Gasteiger partial charge in [-0.2, -0.15) is 0 Å². The van der Waals surface area contributed by atoms with E-state index in [4.69, 9.17) is 10.6 Å². The number of benzene rings is 1. The smallest absolute Gasteiger partial charge is 0.119 e. The van der Waals surface area contributed by atoms with Crippen LogP contribution in [-0.2, 0) is 0 Å². The van der Waals surface area contributed by atoms with E-state index in [-0.39, 0.29) is 6.04 Å². The average molecular weight is 236 g/mol. The summed E-state index contributed by atoms with van der Waals surface area (Å²) in [6.07, 6.45) is 3.45. The maximum absolute atomic E-state index is 5.71. The summed E-state index contributed by atoms with van der Waals surface area (Å²) < 4.78 is 5.71. The standard InChI is InChI=1S/C14H24N2O/c1-3-12(4-2)10-13(16-15)11-17-14-8-6-5-7-9-14/h5-9,12-13,16H,3-4,10-11,15H2,1-2H3. The fraction of sp³-hybridized carbons (Fsp3) is 0.571. The molecule has 0 fully saturated rings. The first kappa shape index (κ1) is 14.0. The molecule has 0 aliphatic carbocycles. The van der Waals surface area contributed by atoms with E-state index in [1.807, 2.05) is 30.3 Å². The summed E-state index contributed by atoms with van der Waals surface area (Å²) in [5.74, 6) is 7.18. The van der Waals surface area contributed by atoms with Gasteiger partial charge in [0, 0.05) is 0 Å². The number of para-hydroxylation sites is 1. The van der Waals surface area contributed by atoms with Gasteiger partial charge in [-0.3, -0.25) is 11.3 Å². The molecule has 3 nitrogen and oxygen atoms in total. The van der Waals surface area contributed by atoms with Gasteiger partial charge in [0.25, 0.3) is 0 Å². The van der Waals surface area contributed by atoms with E-state index in [1.165, 1.54) is 12.8 Å². The number of hydrazine groups is 1. The van der Waals surface area contributed by atoms with Gasteiger partial charge in [-0.05, 0) is 24.5 Å². The molecule has 0 amide bonds. The van der Waals surface area contributed by atoms with Crippen molar-refractivity contribution >= 4 is 0 Å². The van der Waals surface area contributed by atoms with Crippen LogP contribution in [0.3, 0.4) is 0 Å². The maximum atomic E-state index is 5.71. The number of nitrogens with one attached hydrogen (secondary N) is 1. The normalized spacial score (nSPS) is 12.7. The van der Waals surface area contributed by atoms with E-state index in [2.05, 4.69) is 19.3 Å². The molecule has 0 saturated heterocycles. The highest BCUT2D eigenvalue weighted by Crippen LogP contribution is 2.16. The van der Waals surface area contributed by atoms with Crippen molar-refractivity contribution in [3.63, 3.8) is 0 Å². The summed E-state index contributed by atoms with van der Waals surface area (Å²) in [5, 5.41) is 0. The van der Waals surface area contributed by atoms with Crippen molar-refractivity contribution < 1.29 is 4.74 Å². The molecule has 3 N–H and O–H groups in total. The molecule has 0 aliphatic rings. The Labute approximate surface area is 104 Å². The molecule has 1 aromatic rings. The van der Waals surface area contributed by atoms with Crippen LogP contribution in [0.25, 0.3) is 0 Å². The second-order valence-electron chi connectivity index (χ2n) is 4.41. The van der Waals surface area contributed by atoms with Gasteiger partial charge in [0.1, 0.15) is 12.4 Å². The Bertz CT molecular complexity index is 286. The van der Waals surface area contributed by atoms with Gasteiger partial charge >= 0.3 is 0 Å². The second-order valence-corrected chi connectivity index (χ2v) is 4.41. The Morgan fingerprint density at radius 3 is 2.35 bits per heavy atom. The highest BCUT2D eigenvalue weighted by Gasteiger charge is 2.13. The van der Waals surface area contributed by atoms with E-state index in [1.54, 1.807) is 0 Å². The summed E-state index contributed by atoms with van der Waals surface area (Å²) in [6.45, 7) is 5.07. The highest BCUT2D eigenvalue weighted by molar-refractivity contribution is 5.20. The first-order chi connectivity index (χ1) is 8.30. The van der Waals surface area contributed by atoms with Crippen LogP contribution >= 0.6 is 0 Å². The Morgan fingerprint density at radius 2 is 1.82 bits per heavy atom. The average Bonchev–Trinajstić information content (AvgIpc) is 2.40. The van der Waals surface area contributed by atoms with E-state index in [0.717, 1.165) is 18.1 Å². The zero-order chi connectivity index (χ0) is 12.5. The van der Waals surface area contributed by atoms with Crippen LogP contribution in [0.1, 0.15) is 33.1 Å². The van der Waals surface area contributed by atoms with E-state index < -0.39 is 0 Å². The SMILES string of the molecule is CCC(CC)CC(COc1ccccc1)NN. The van der Waals surface area contributed by atoms with Crippen molar-refractivity contribution in [1.29, 1.82) is 0 Å². The molecule has 0 aliphatic heterocycles. The monoisotopic (exact) mass is 236 g/mol. The van der Waals surface area contributed by atoms with Crippen molar-refractivity contribution in [2.75, 3.05) is 6.61 Å². The quantitative estimate of drug-likeness (QED) is 0.539. The molecular formula is C14H24N2O. The zero-order valence-electron chi connectivity index (χ0n) is 10.9. The molecule has 0 spiro atoms. The van der Waals surface area contributed by atoms with E-state index in [0.29, 0.717) is 6.61 Å². The fourth-order valence-electron chi connectivity index (χ4n) is 1.92. The molecule has 0 bridgehead atoms. The Hall–Kier alpha value is -1.06. The minimum atomic E-state index is 0.222. The third-order valence-corrected chi connectivity index (χ3v) is 3.20. The van der Waals surface area contributed by atoms with Gasteiger partial charge in [-0.15, -0.1) is 0 Å². The van der Waals surface area contributed by atoms with Crippen molar-refractivity contribution in [2.24, 2.45) is 11.8 Å². The minimum Gasteiger partial charge on any atom is -0.492 e. The van der Waals surface area contributed by atoms with Crippen LogP contribution in [0.15, 0.2) is 30.3 Å². The van der Waals surface area contributed by atoms with Crippen LogP contribution in [0.4, 0.5) is 0 Å². The van der Waals surface area contributed by atoms with Gasteiger partial charge in [0.05, 0.1) is 6.04 Å². The van der Waals surface area contributed by atoms with Gasteiger partial charge in [-0.1, -0.05) is 44.9 Å². The summed E-state index contributed by atoms with van der Waals surface area (Å²) in [7, 11) is 0. The summed E-state index contributed by atoms with van der Waals surface area (Å²) in [4.78, 5) is 0. The number of nitrogens with two attached hydrogens (primary N) is 1. The molecular weight excluding hydrogens is 212 g/mol. The first-order valence-corrected chi connectivity index (χ1v) is 6.44. The van der Waals surface area contributed by atoms with Crippen LogP contribution in [0.5, 0.6) is 5.75 Å². The molecule has 96 valence electrons. The predicted molar refractivity (Wildman–Crippen MR) is 71.7 cm³/mol. The predicted octanol–water partition coefficient (Wildman–Crippen LogP) is 2.72. The summed E-state index contributed by atoms with van der Waals surface area (Å²) >= 11 is 0. The molecule has 1 rings (SSSR count). The zero-order valence-corrected chi connectivity index (χ0v) is 10.9. The molecule has 0 aromatic heterocycles. The molecule has 1 unspecified atom stereocenters. The molecule has 1 atom stereocenters. The second kappa shape index (κ2) is 8.09. The number of hydrogen-bond acceptors (Lipinski definition) is 3. The molecule has 3 heteroatoms. The fourth-order valence-corrected chi connectivity index (χ4v) is 1.92. The van der Waals surface area contributed by atoms with Gasteiger partial charge in [0.2, 0.25) is 0 Å². The van der Waals surface area contributed by atoms with Gasteiger partial charge < -0.3 is 4.74 Å². The largest absolute Gasteiger partial charge is 0.492 e. The number of hydrogen-bond donors (Lipinski definition) is 2. The lowest BCUT2D eigenvalue weighted by Crippen LogP contribution is -2.40. The lowest BCUT2D eigenvalue weighted by molar-refractivity contribution is 0.235. The van der Waals surface area contributed by atoms with Gasteiger partial charge in [-0.25, -0.2) is 0 Å². The Kier molecular flexibility index (Phi) is 6.67. The third-order valence-electron chi connectivity index (χ3n) is 3.20. The first-order valence-electron chi connectivity index (χ1n) is 6.44. The van der Waals surface area contributed by atoms with Gasteiger partial charge in [0.15, 0.2) is 0 Å². The van der Waals surface area contributed by atoms with Crippen LogP contribution in [0.2, 0.25) is 0 Å². The molecule has 17 heavy (non-hydrogen) atoms. The number of ether oxygens (including phenoxy) is 1. The molecule has 0 heterocycles.